The summed E-state index contributed by atoms with van der Waals surface area (Å²) in [6.45, 7) is 1.71. The van der Waals surface area contributed by atoms with Gasteiger partial charge in [-0.25, -0.2) is 8.42 Å². The minimum absolute atomic E-state index is 0.193. The molecule has 0 saturated carbocycles. The number of nitrogens with two attached hydrogens (primary N) is 1. The fourth-order valence-electron chi connectivity index (χ4n) is 2.06. The van der Waals surface area contributed by atoms with E-state index >= 15 is 0 Å². The predicted molar refractivity (Wildman–Crippen MR) is 77.6 cm³/mol. The Morgan fingerprint density at radius 3 is 2.55 bits per heavy atom. The minimum atomic E-state index is -3.50. The van der Waals surface area contributed by atoms with Gasteiger partial charge in [0.05, 0.1) is 22.3 Å². The van der Waals surface area contributed by atoms with Crippen molar-refractivity contribution in [2.24, 2.45) is 0 Å². The monoisotopic (exact) mass is 286 g/mol. The molecular weight excluding hydrogens is 272 g/mol. The molecule has 102 valence electrons. The zero-order valence-electron chi connectivity index (χ0n) is 11.0. The van der Waals surface area contributed by atoms with Gasteiger partial charge in [0.15, 0.2) is 9.84 Å². The van der Waals surface area contributed by atoms with Crippen molar-refractivity contribution in [3.05, 3.63) is 59.2 Å². The third kappa shape index (κ3) is 2.81. The van der Waals surface area contributed by atoms with Crippen LogP contribution in [0.3, 0.4) is 0 Å². The number of benzene rings is 2. The number of sulfone groups is 1. The first-order valence-electron chi connectivity index (χ1n) is 6.01. The molecule has 2 N–H and O–H groups in total. The zero-order chi connectivity index (χ0) is 14.8. The average Bonchev–Trinajstić information content (AvgIpc) is 2.38. The van der Waals surface area contributed by atoms with Crippen LogP contribution in [0.2, 0.25) is 0 Å². The Morgan fingerprint density at radius 2 is 1.90 bits per heavy atom. The molecule has 0 aliphatic rings. The first kappa shape index (κ1) is 14.1. The first-order valence-corrected chi connectivity index (χ1v) is 7.66. The second kappa shape index (κ2) is 5.35. The molecule has 5 heteroatoms. The van der Waals surface area contributed by atoms with Crippen LogP contribution < -0.4 is 5.73 Å². The van der Waals surface area contributed by atoms with E-state index in [1.807, 2.05) is 6.07 Å². The number of hydrogen-bond donors (Lipinski definition) is 1. The number of aryl methyl sites for hydroxylation is 1. The van der Waals surface area contributed by atoms with Crippen LogP contribution in [0, 0.1) is 18.3 Å². The largest absolute Gasteiger partial charge is 0.399 e. The maximum Gasteiger partial charge on any atom is 0.182 e. The summed E-state index contributed by atoms with van der Waals surface area (Å²) in [6.07, 6.45) is 0. The van der Waals surface area contributed by atoms with Gasteiger partial charge in [0.2, 0.25) is 0 Å². The molecule has 20 heavy (non-hydrogen) atoms. The normalized spacial score (nSPS) is 11.0. The van der Waals surface area contributed by atoms with E-state index < -0.39 is 9.84 Å². The molecular formula is C15H14N2O2S. The van der Waals surface area contributed by atoms with Crippen molar-refractivity contribution in [3.63, 3.8) is 0 Å². The van der Waals surface area contributed by atoms with E-state index in [9.17, 15) is 8.42 Å². The topological polar surface area (TPSA) is 84.0 Å². The van der Waals surface area contributed by atoms with Gasteiger partial charge in [-0.1, -0.05) is 18.2 Å². The molecule has 0 saturated heterocycles. The van der Waals surface area contributed by atoms with Gasteiger partial charge in [-0.2, -0.15) is 5.26 Å². The highest BCUT2D eigenvalue weighted by atomic mass is 32.2. The lowest BCUT2D eigenvalue weighted by molar-refractivity contribution is 0.594. The van der Waals surface area contributed by atoms with E-state index in [1.54, 1.807) is 43.3 Å². The molecule has 2 aromatic rings. The Balaban J connectivity index is 2.44. The highest BCUT2D eigenvalue weighted by Crippen LogP contribution is 2.23. The van der Waals surface area contributed by atoms with Crippen molar-refractivity contribution < 1.29 is 8.42 Å². The molecule has 0 atom stereocenters. The van der Waals surface area contributed by atoms with E-state index in [0.29, 0.717) is 22.4 Å². The Morgan fingerprint density at radius 1 is 1.20 bits per heavy atom. The summed E-state index contributed by atoms with van der Waals surface area (Å²) in [5, 5.41) is 9.02. The molecule has 0 radical (unpaired) electrons. The fourth-order valence-corrected chi connectivity index (χ4v) is 3.70. The first-order chi connectivity index (χ1) is 9.44. The minimum Gasteiger partial charge on any atom is -0.399 e. The molecule has 0 unspecified atom stereocenters. The van der Waals surface area contributed by atoms with Crippen LogP contribution >= 0.6 is 0 Å². The van der Waals surface area contributed by atoms with Crippen molar-refractivity contribution in [2.75, 3.05) is 5.73 Å². The lowest BCUT2D eigenvalue weighted by Crippen LogP contribution is -2.08. The molecule has 0 fully saturated rings. The molecule has 2 aromatic carbocycles. The molecule has 0 amide bonds. The maximum atomic E-state index is 12.5. The van der Waals surface area contributed by atoms with E-state index in [-0.39, 0.29) is 10.6 Å². The number of rotatable bonds is 3. The Bertz CT molecular complexity index is 790. The van der Waals surface area contributed by atoms with Crippen molar-refractivity contribution in [2.45, 2.75) is 17.6 Å². The molecule has 4 nitrogen and oxygen atoms in total. The van der Waals surface area contributed by atoms with Crippen LogP contribution in [-0.2, 0) is 15.6 Å². The van der Waals surface area contributed by atoms with Crippen LogP contribution in [0.5, 0.6) is 0 Å². The van der Waals surface area contributed by atoms with E-state index in [2.05, 4.69) is 0 Å². The Kier molecular flexibility index (Phi) is 3.77. The maximum absolute atomic E-state index is 12.5. The van der Waals surface area contributed by atoms with Gasteiger partial charge < -0.3 is 5.73 Å². The van der Waals surface area contributed by atoms with Gasteiger partial charge >= 0.3 is 0 Å². The highest BCUT2D eigenvalue weighted by molar-refractivity contribution is 7.90. The second-order valence-electron chi connectivity index (χ2n) is 4.55. The van der Waals surface area contributed by atoms with Gasteiger partial charge in [-0.3, -0.25) is 0 Å². The van der Waals surface area contributed by atoms with E-state index in [4.69, 9.17) is 11.0 Å². The third-order valence-electron chi connectivity index (χ3n) is 3.02. The summed E-state index contributed by atoms with van der Waals surface area (Å²) in [6, 6.07) is 13.4. The lowest BCUT2D eigenvalue weighted by Gasteiger charge is -2.09. The van der Waals surface area contributed by atoms with Crippen molar-refractivity contribution in [3.8, 4) is 6.07 Å². The molecule has 2 rings (SSSR count). The van der Waals surface area contributed by atoms with Crippen molar-refractivity contribution >= 4 is 15.5 Å². The summed E-state index contributed by atoms with van der Waals surface area (Å²) in [7, 11) is -3.50. The van der Waals surface area contributed by atoms with Gasteiger partial charge in [-0.05, 0) is 42.3 Å². The third-order valence-corrected chi connectivity index (χ3v) is 4.84. The molecule has 0 bridgehead atoms. The molecule has 0 aliphatic heterocycles. The van der Waals surface area contributed by atoms with Crippen LogP contribution in [0.15, 0.2) is 47.4 Å². The molecule has 0 spiro atoms. The smallest absolute Gasteiger partial charge is 0.182 e. The number of nitrogens with zero attached hydrogens (tertiary/aromatic N) is 1. The summed E-state index contributed by atoms with van der Waals surface area (Å²) in [5.41, 5.74) is 7.65. The zero-order valence-corrected chi connectivity index (χ0v) is 11.8. The van der Waals surface area contributed by atoms with Crippen LogP contribution in [-0.4, -0.2) is 8.42 Å². The number of hydrogen-bond acceptors (Lipinski definition) is 4. The second-order valence-corrected chi connectivity index (χ2v) is 6.51. The van der Waals surface area contributed by atoms with Crippen LogP contribution in [0.25, 0.3) is 0 Å². The summed E-state index contributed by atoms with van der Waals surface area (Å²) < 4.78 is 24.9. The highest BCUT2D eigenvalue weighted by Gasteiger charge is 2.19. The lowest BCUT2D eigenvalue weighted by atomic mass is 10.1. The Hall–Kier alpha value is -2.32. The van der Waals surface area contributed by atoms with E-state index in [1.165, 1.54) is 6.07 Å². The Labute approximate surface area is 118 Å². The number of nitrogen functional groups attached to an aromatic ring is 1. The number of anilines is 1. The molecule has 0 aromatic heterocycles. The summed E-state index contributed by atoms with van der Waals surface area (Å²) >= 11 is 0. The molecule has 0 heterocycles. The summed E-state index contributed by atoms with van der Waals surface area (Å²) in [4.78, 5) is 0.249. The number of nitriles is 1. The van der Waals surface area contributed by atoms with Crippen molar-refractivity contribution in [1.29, 1.82) is 5.26 Å². The SMILES string of the molecule is Cc1cc(N)ccc1S(=O)(=O)Cc1ccccc1C#N. The van der Waals surface area contributed by atoms with E-state index in [0.717, 1.165) is 0 Å². The standard InChI is InChI=1S/C15H14N2O2S/c1-11-8-14(17)6-7-15(11)20(18,19)10-13-5-3-2-4-12(13)9-16/h2-8H,10,17H2,1H3. The van der Waals surface area contributed by atoms with Crippen LogP contribution in [0.1, 0.15) is 16.7 Å². The van der Waals surface area contributed by atoms with Gasteiger partial charge in [0, 0.05) is 5.69 Å². The quantitative estimate of drug-likeness (QED) is 0.878. The van der Waals surface area contributed by atoms with Crippen LogP contribution in [0.4, 0.5) is 5.69 Å². The molecule has 0 aliphatic carbocycles. The van der Waals surface area contributed by atoms with Gasteiger partial charge in [-0.15, -0.1) is 0 Å². The average molecular weight is 286 g/mol. The van der Waals surface area contributed by atoms with Gasteiger partial charge in [0.25, 0.3) is 0 Å². The predicted octanol–water partition coefficient (Wildman–Crippen LogP) is 2.42. The van der Waals surface area contributed by atoms with Gasteiger partial charge in [0.1, 0.15) is 0 Å². The van der Waals surface area contributed by atoms with Crippen molar-refractivity contribution in [1.82, 2.24) is 0 Å². The fraction of sp³-hybridized carbons (Fsp3) is 0.133. The summed E-state index contributed by atoms with van der Waals surface area (Å²) in [5.74, 6) is -0.193.